The third kappa shape index (κ3) is 3.38. The third-order valence-electron chi connectivity index (χ3n) is 3.42. The number of aromatic nitrogens is 2. The second kappa shape index (κ2) is 7.08. The molecule has 0 amide bonds. The third-order valence-corrected chi connectivity index (χ3v) is 3.42. The highest BCUT2D eigenvalue weighted by Gasteiger charge is 2.14. The van der Waals surface area contributed by atoms with Crippen LogP contribution in [0.4, 0.5) is 0 Å². The quantitative estimate of drug-likeness (QED) is 0.542. The van der Waals surface area contributed by atoms with Crippen LogP contribution in [0.5, 0.6) is 5.88 Å². The molecule has 0 bridgehead atoms. The zero-order valence-electron chi connectivity index (χ0n) is 12.2. The standard InChI is InChI=1S/C16H22N2O2/c1-3-4-5-6-9-13(2)20-16-14(12-19)18-11-8-7-10-15(18)17-16/h7-8,10-13H,3-6,9H2,1-2H3. The van der Waals surface area contributed by atoms with E-state index in [9.17, 15) is 4.79 Å². The predicted molar refractivity (Wildman–Crippen MR) is 79.4 cm³/mol. The Balaban J connectivity index is 2.03. The van der Waals surface area contributed by atoms with Crippen LogP contribution < -0.4 is 4.74 Å². The number of carbonyl (C=O) groups is 1. The predicted octanol–water partition coefficient (Wildman–Crippen LogP) is 3.88. The first-order valence-electron chi connectivity index (χ1n) is 7.35. The van der Waals surface area contributed by atoms with Gasteiger partial charge in [0.05, 0.1) is 6.10 Å². The van der Waals surface area contributed by atoms with Gasteiger partial charge >= 0.3 is 0 Å². The van der Waals surface area contributed by atoms with Gasteiger partial charge in [0.1, 0.15) is 11.3 Å². The molecule has 1 unspecified atom stereocenters. The first kappa shape index (κ1) is 14.6. The van der Waals surface area contributed by atoms with Gasteiger partial charge in [-0.2, -0.15) is 4.98 Å². The number of rotatable bonds is 8. The first-order valence-corrected chi connectivity index (χ1v) is 7.35. The van der Waals surface area contributed by atoms with Gasteiger partial charge in [0.25, 0.3) is 0 Å². The van der Waals surface area contributed by atoms with Gasteiger partial charge in [-0.1, -0.05) is 32.3 Å². The summed E-state index contributed by atoms with van der Waals surface area (Å²) in [7, 11) is 0. The van der Waals surface area contributed by atoms with Crippen molar-refractivity contribution >= 4 is 11.9 Å². The van der Waals surface area contributed by atoms with E-state index < -0.39 is 0 Å². The van der Waals surface area contributed by atoms with E-state index in [1.807, 2.05) is 31.3 Å². The van der Waals surface area contributed by atoms with Crippen molar-refractivity contribution in [2.45, 2.75) is 52.1 Å². The lowest BCUT2D eigenvalue weighted by molar-refractivity contribution is 0.111. The highest BCUT2D eigenvalue weighted by Crippen LogP contribution is 2.20. The normalized spacial score (nSPS) is 12.5. The molecule has 2 rings (SSSR count). The first-order chi connectivity index (χ1) is 9.76. The fourth-order valence-corrected chi connectivity index (χ4v) is 2.30. The summed E-state index contributed by atoms with van der Waals surface area (Å²) in [5.74, 6) is 0.439. The molecule has 0 saturated carbocycles. The SMILES string of the molecule is CCCCCCC(C)Oc1nc2ccccn2c1C=O. The van der Waals surface area contributed by atoms with E-state index in [-0.39, 0.29) is 6.10 Å². The van der Waals surface area contributed by atoms with Crippen LogP contribution in [-0.2, 0) is 0 Å². The van der Waals surface area contributed by atoms with Crippen LogP contribution in [0.1, 0.15) is 56.4 Å². The molecule has 1 atom stereocenters. The van der Waals surface area contributed by atoms with E-state index >= 15 is 0 Å². The lowest BCUT2D eigenvalue weighted by Crippen LogP contribution is -2.13. The number of pyridine rings is 1. The minimum absolute atomic E-state index is 0.0791. The van der Waals surface area contributed by atoms with Crippen LogP contribution in [-0.4, -0.2) is 21.8 Å². The Morgan fingerprint density at radius 3 is 2.95 bits per heavy atom. The summed E-state index contributed by atoms with van der Waals surface area (Å²) in [6.07, 6.45) is 8.58. The molecule has 2 aromatic heterocycles. The zero-order valence-corrected chi connectivity index (χ0v) is 12.2. The molecular weight excluding hydrogens is 252 g/mol. The van der Waals surface area contributed by atoms with Gasteiger partial charge in [-0.25, -0.2) is 0 Å². The van der Waals surface area contributed by atoms with Crippen molar-refractivity contribution in [1.29, 1.82) is 0 Å². The Bertz CT molecular complexity index is 563. The molecule has 0 aliphatic heterocycles. The van der Waals surface area contributed by atoms with Crippen molar-refractivity contribution in [2.75, 3.05) is 0 Å². The Morgan fingerprint density at radius 2 is 2.20 bits per heavy atom. The summed E-state index contributed by atoms with van der Waals surface area (Å²) in [6, 6.07) is 5.64. The number of unbranched alkanes of at least 4 members (excludes halogenated alkanes) is 3. The molecule has 4 heteroatoms. The minimum atomic E-state index is 0.0791. The summed E-state index contributed by atoms with van der Waals surface area (Å²) in [5.41, 5.74) is 1.23. The number of fused-ring (bicyclic) bond motifs is 1. The number of ether oxygens (including phenoxy) is 1. The zero-order chi connectivity index (χ0) is 14.4. The topological polar surface area (TPSA) is 43.6 Å². The van der Waals surface area contributed by atoms with E-state index in [1.165, 1.54) is 19.3 Å². The van der Waals surface area contributed by atoms with E-state index in [2.05, 4.69) is 11.9 Å². The number of imidazole rings is 1. The number of carbonyl (C=O) groups excluding carboxylic acids is 1. The van der Waals surface area contributed by atoms with Gasteiger partial charge in [-0.3, -0.25) is 9.20 Å². The Morgan fingerprint density at radius 1 is 1.35 bits per heavy atom. The van der Waals surface area contributed by atoms with Gasteiger partial charge < -0.3 is 4.74 Å². The molecule has 108 valence electrons. The van der Waals surface area contributed by atoms with Gasteiger partial charge in [-0.05, 0) is 31.9 Å². The second-order valence-electron chi connectivity index (χ2n) is 5.13. The van der Waals surface area contributed by atoms with Crippen molar-refractivity contribution in [3.05, 3.63) is 30.1 Å². The number of aldehydes is 1. The van der Waals surface area contributed by atoms with Crippen molar-refractivity contribution < 1.29 is 9.53 Å². The van der Waals surface area contributed by atoms with Crippen molar-refractivity contribution in [2.24, 2.45) is 0 Å². The van der Waals surface area contributed by atoms with Gasteiger partial charge in [-0.15, -0.1) is 0 Å². The summed E-state index contributed by atoms with van der Waals surface area (Å²) in [5, 5.41) is 0. The number of nitrogens with zero attached hydrogens (tertiary/aromatic N) is 2. The van der Waals surface area contributed by atoms with E-state index in [0.29, 0.717) is 11.6 Å². The molecule has 0 aliphatic rings. The van der Waals surface area contributed by atoms with E-state index in [4.69, 9.17) is 4.74 Å². The van der Waals surface area contributed by atoms with E-state index in [0.717, 1.165) is 24.8 Å². The van der Waals surface area contributed by atoms with Crippen LogP contribution in [0.15, 0.2) is 24.4 Å². The molecule has 0 aromatic carbocycles. The fraction of sp³-hybridized carbons (Fsp3) is 0.500. The molecule has 4 nitrogen and oxygen atoms in total. The second-order valence-corrected chi connectivity index (χ2v) is 5.13. The van der Waals surface area contributed by atoms with Crippen molar-refractivity contribution in [3.63, 3.8) is 0 Å². The fourth-order valence-electron chi connectivity index (χ4n) is 2.30. The van der Waals surface area contributed by atoms with Crippen molar-refractivity contribution in [3.8, 4) is 5.88 Å². The maximum atomic E-state index is 11.2. The van der Waals surface area contributed by atoms with E-state index in [1.54, 1.807) is 4.40 Å². The Hall–Kier alpha value is -1.84. The molecule has 0 saturated heterocycles. The Labute approximate surface area is 119 Å². The van der Waals surface area contributed by atoms with Crippen LogP contribution in [0.3, 0.4) is 0 Å². The highest BCUT2D eigenvalue weighted by atomic mass is 16.5. The number of hydrogen-bond acceptors (Lipinski definition) is 3. The summed E-state index contributed by atoms with van der Waals surface area (Å²) < 4.78 is 7.59. The van der Waals surface area contributed by atoms with Crippen LogP contribution >= 0.6 is 0 Å². The molecular formula is C16H22N2O2. The molecule has 2 aromatic rings. The summed E-state index contributed by atoms with van der Waals surface area (Å²) in [4.78, 5) is 15.6. The van der Waals surface area contributed by atoms with Gasteiger partial charge in [0.2, 0.25) is 5.88 Å². The summed E-state index contributed by atoms with van der Waals surface area (Å²) in [6.45, 7) is 4.23. The molecule has 0 N–H and O–H groups in total. The minimum Gasteiger partial charge on any atom is -0.473 e. The maximum Gasteiger partial charge on any atom is 0.244 e. The Kier molecular flexibility index (Phi) is 5.16. The average molecular weight is 274 g/mol. The smallest absolute Gasteiger partial charge is 0.244 e. The monoisotopic (exact) mass is 274 g/mol. The van der Waals surface area contributed by atoms with Crippen LogP contribution in [0, 0.1) is 0 Å². The molecule has 0 radical (unpaired) electrons. The van der Waals surface area contributed by atoms with Crippen LogP contribution in [0.25, 0.3) is 5.65 Å². The highest BCUT2D eigenvalue weighted by molar-refractivity contribution is 5.78. The lowest BCUT2D eigenvalue weighted by atomic mass is 10.1. The van der Waals surface area contributed by atoms with Crippen LogP contribution in [0.2, 0.25) is 0 Å². The average Bonchev–Trinajstić information content (AvgIpc) is 2.80. The molecule has 20 heavy (non-hydrogen) atoms. The van der Waals surface area contributed by atoms with Gasteiger partial charge in [0, 0.05) is 6.20 Å². The molecule has 0 aliphatic carbocycles. The molecule has 2 heterocycles. The van der Waals surface area contributed by atoms with Crippen molar-refractivity contribution in [1.82, 2.24) is 9.38 Å². The largest absolute Gasteiger partial charge is 0.473 e. The maximum absolute atomic E-state index is 11.2. The lowest BCUT2D eigenvalue weighted by Gasteiger charge is -2.12. The molecule has 0 spiro atoms. The number of hydrogen-bond donors (Lipinski definition) is 0. The summed E-state index contributed by atoms with van der Waals surface area (Å²) >= 11 is 0. The molecule has 0 fully saturated rings. The van der Waals surface area contributed by atoms with Gasteiger partial charge in [0.15, 0.2) is 6.29 Å².